The van der Waals surface area contributed by atoms with Gasteiger partial charge in [-0.1, -0.05) is 12.1 Å². The summed E-state index contributed by atoms with van der Waals surface area (Å²) in [6.45, 7) is 3.91. The molecule has 1 aromatic carbocycles. The first-order chi connectivity index (χ1) is 11.4. The minimum atomic E-state index is -0.802. The molecule has 8 heteroatoms. The number of likely N-dealkylation sites (tertiary alicyclic amines) is 1. The van der Waals surface area contributed by atoms with E-state index in [1.807, 2.05) is 18.0 Å². The highest BCUT2D eigenvalue weighted by Crippen LogP contribution is 2.27. The molecule has 1 aliphatic heterocycles. The van der Waals surface area contributed by atoms with Crippen LogP contribution >= 0.6 is 12.4 Å². The molecule has 0 amide bonds. The highest BCUT2D eigenvalue weighted by atomic mass is 35.5. The number of nitrogens with zero attached hydrogens (tertiary/aromatic N) is 3. The van der Waals surface area contributed by atoms with Crippen molar-refractivity contribution in [2.24, 2.45) is 0 Å². The lowest BCUT2D eigenvalue weighted by Gasteiger charge is -2.29. The predicted octanol–water partition coefficient (Wildman–Crippen LogP) is 2.95. The van der Waals surface area contributed by atoms with Gasteiger partial charge in [-0.25, -0.2) is 0 Å². The molecule has 0 bridgehead atoms. The van der Waals surface area contributed by atoms with Gasteiger partial charge in [0.05, 0.1) is 11.5 Å². The Balaban J connectivity index is 0.00000312. The van der Waals surface area contributed by atoms with Crippen molar-refractivity contribution in [3.05, 3.63) is 39.9 Å². The van der Waals surface area contributed by atoms with Crippen LogP contribution in [0.4, 0.5) is 5.69 Å². The van der Waals surface area contributed by atoms with Crippen molar-refractivity contribution < 1.29 is 14.8 Å². The zero-order valence-corrected chi connectivity index (χ0v) is 15.4. The van der Waals surface area contributed by atoms with E-state index in [1.165, 1.54) is 6.07 Å². The van der Waals surface area contributed by atoms with Crippen LogP contribution in [0.2, 0.25) is 0 Å². The number of hydrogen-bond donors (Lipinski definition) is 1. The minimum Gasteiger partial charge on any atom is -0.480 e. The molecule has 0 spiro atoms. The third kappa shape index (κ3) is 5.95. The maximum atomic E-state index is 11.0. The lowest BCUT2D eigenvalue weighted by molar-refractivity contribution is -0.385. The summed E-state index contributed by atoms with van der Waals surface area (Å²) >= 11 is 0. The van der Waals surface area contributed by atoms with Gasteiger partial charge in [0, 0.05) is 30.8 Å². The molecule has 1 heterocycles. The fourth-order valence-corrected chi connectivity index (χ4v) is 3.38. The zero-order chi connectivity index (χ0) is 17.7. The predicted molar refractivity (Wildman–Crippen MR) is 98.2 cm³/mol. The van der Waals surface area contributed by atoms with Crippen LogP contribution in [0.5, 0.6) is 0 Å². The number of carboxylic acids is 1. The van der Waals surface area contributed by atoms with Gasteiger partial charge in [0.25, 0.3) is 5.69 Å². The van der Waals surface area contributed by atoms with Crippen molar-refractivity contribution >= 4 is 24.1 Å². The number of nitro benzene ring substituents is 1. The fraction of sp³-hybridized carbons (Fsp3) is 0.588. The number of nitro groups is 1. The van der Waals surface area contributed by atoms with Gasteiger partial charge < -0.3 is 5.11 Å². The zero-order valence-electron chi connectivity index (χ0n) is 14.6. The summed E-state index contributed by atoms with van der Waals surface area (Å²) < 4.78 is 0. The summed E-state index contributed by atoms with van der Waals surface area (Å²) in [5.41, 5.74) is 1.06. The van der Waals surface area contributed by atoms with Crippen LogP contribution in [0.1, 0.15) is 37.8 Å². The summed E-state index contributed by atoms with van der Waals surface area (Å²) in [5, 5.41) is 19.9. The molecule has 140 valence electrons. The molecule has 7 nitrogen and oxygen atoms in total. The first kappa shape index (κ1) is 21.3. The van der Waals surface area contributed by atoms with Crippen LogP contribution in [0.3, 0.4) is 0 Å². The Kier molecular flexibility index (Phi) is 8.28. The molecule has 2 rings (SSSR count). The fourth-order valence-electron chi connectivity index (χ4n) is 3.38. The van der Waals surface area contributed by atoms with Gasteiger partial charge in [-0.2, -0.15) is 0 Å². The van der Waals surface area contributed by atoms with E-state index in [2.05, 4.69) is 11.8 Å². The van der Waals surface area contributed by atoms with Crippen LogP contribution < -0.4 is 0 Å². The van der Waals surface area contributed by atoms with Crippen LogP contribution in [-0.2, 0) is 4.79 Å². The van der Waals surface area contributed by atoms with Crippen molar-refractivity contribution in [3.8, 4) is 0 Å². The van der Waals surface area contributed by atoms with E-state index in [-0.39, 0.29) is 41.6 Å². The lowest BCUT2D eigenvalue weighted by Crippen LogP contribution is -2.36. The summed E-state index contributed by atoms with van der Waals surface area (Å²) in [7, 11) is 1.86. The Hall–Kier alpha value is -1.70. The summed E-state index contributed by atoms with van der Waals surface area (Å²) in [6.07, 6.45) is 2.87. The van der Waals surface area contributed by atoms with Crippen LogP contribution in [-0.4, -0.2) is 58.5 Å². The Labute approximate surface area is 154 Å². The number of likely N-dealkylation sites (N-methyl/N-ethyl adjacent to an activating group) is 1. The van der Waals surface area contributed by atoms with Crippen molar-refractivity contribution in [2.45, 2.75) is 38.3 Å². The molecule has 2 unspecified atom stereocenters. The first-order valence-electron chi connectivity index (χ1n) is 8.29. The number of non-ortho nitro benzene ring substituents is 1. The Morgan fingerprint density at radius 2 is 2.16 bits per heavy atom. The quantitative estimate of drug-likeness (QED) is 0.611. The van der Waals surface area contributed by atoms with Crippen molar-refractivity contribution in [1.29, 1.82) is 0 Å². The molecule has 0 aromatic heterocycles. The minimum absolute atomic E-state index is 0. The van der Waals surface area contributed by atoms with E-state index in [1.54, 1.807) is 12.1 Å². The van der Waals surface area contributed by atoms with Gasteiger partial charge in [-0.15, -0.1) is 12.4 Å². The molecule has 1 N–H and O–H groups in total. The molecular formula is C17H26ClN3O4. The van der Waals surface area contributed by atoms with Crippen molar-refractivity contribution in [3.63, 3.8) is 0 Å². The smallest absolute Gasteiger partial charge is 0.317 e. The second-order valence-corrected chi connectivity index (χ2v) is 6.46. The average molecular weight is 372 g/mol. The Morgan fingerprint density at radius 1 is 1.44 bits per heavy atom. The number of carboxylic acid groups (broad SMARTS) is 1. The van der Waals surface area contributed by atoms with Crippen LogP contribution in [0.15, 0.2) is 24.3 Å². The van der Waals surface area contributed by atoms with Gasteiger partial charge in [0.15, 0.2) is 0 Å². The number of halogens is 1. The standard InChI is InChI=1S/C17H25N3O4.ClH/c1-13(14-5-3-6-16(11-14)20(23)24)19-9-4-7-15(8-10-19)18(2)12-17(21)22;/h3,5-6,11,13,15H,4,7-10,12H2,1-2H3,(H,21,22);1H. The van der Waals surface area contributed by atoms with E-state index in [0.717, 1.165) is 37.9 Å². The molecule has 0 aliphatic carbocycles. The summed E-state index contributed by atoms with van der Waals surface area (Å²) in [5.74, 6) is -0.802. The lowest BCUT2D eigenvalue weighted by atomic mass is 10.1. The SMILES string of the molecule is CC(c1cccc([N+](=O)[O-])c1)N1CCCC(N(C)CC(=O)O)CC1.Cl. The monoisotopic (exact) mass is 371 g/mol. The number of aliphatic carboxylic acids is 1. The summed E-state index contributed by atoms with van der Waals surface area (Å²) in [6, 6.07) is 7.18. The molecular weight excluding hydrogens is 346 g/mol. The van der Waals surface area contributed by atoms with E-state index in [0.29, 0.717) is 0 Å². The number of rotatable bonds is 6. The van der Waals surface area contributed by atoms with Gasteiger partial charge >= 0.3 is 5.97 Å². The van der Waals surface area contributed by atoms with Gasteiger partial charge in [-0.3, -0.25) is 24.7 Å². The number of benzene rings is 1. The summed E-state index contributed by atoms with van der Waals surface area (Å²) in [4.78, 5) is 25.7. The normalized spacial score (nSPS) is 19.7. The second-order valence-electron chi connectivity index (χ2n) is 6.46. The molecule has 0 radical (unpaired) electrons. The molecule has 2 atom stereocenters. The largest absolute Gasteiger partial charge is 0.480 e. The van der Waals surface area contributed by atoms with E-state index in [4.69, 9.17) is 5.11 Å². The maximum Gasteiger partial charge on any atom is 0.317 e. The second kappa shape index (κ2) is 9.70. The molecule has 0 saturated carbocycles. The highest BCUT2D eigenvalue weighted by Gasteiger charge is 2.25. The number of carbonyl (C=O) groups is 1. The third-order valence-electron chi connectivity index (χ3n) is 4.85. The van der Waals surface area contributed by atoms with Crippen molar-refractivity contribution in [1.82, 2.24) is 9.80 Å². The van der Waals surface area contributed by atoms with Crippen LogP contribution in [0.25, 0.3) is 0 Å². The van der Waals surface area contributed by atoms with Gasteiger partial charge in [-0.05, 0) is 45.3 Å². The Bertz CT molecular complexity index is 599. The van der Waals surface area contributed by atoms with Gasteiger partial charge in [0.1, 0.15) is 0 Å². The third-order valence-corrected chi connectivity index (χ3v) is 4.85. The Morgan fingerprint density at radius 3 is 2.80 bits per heavy atom. The molecule has 1 aliphatic rings. The maximum absolute atomic E-state index is 11.0. The average Bonchev–Trinajstić information content (AvgIpc) is 2.79. The highest BCUT2D eigenvalue weighted by molar-refractivity contribution is 5.85. The van der Waals surface area contributed by atoms with E-state index >= 15 is 0 Å². The van der Waals surface area contributed by atoms with Crippen LogP contribution in [0, 0.1) is 10.1 Å². The van der Waals surface area contributed by atoms with Gasteiger partial charge in [0.2, 0.25) is 0 Å². The number of hydrogen-bond acceptors (Lipinski definition) is 5. The molecule has 1 fully saturated rings. The molecule has 25 heavy (non-hydrogen) atoms. The van der Waals surface area contributed by atoms with E-state index in [9.17, 15) is 14.9 Å². The topological polar surface area (TPSA) is 86.9 Å². The van der Waals surface area contributed by atoms with E-state index < -0.39 is 5.97 Å². The first-order valence-corrected chi connectivity index (χ1v) is 8.29. The van der Waals surface area contributed by atoms with Crippen molar-refractivity contribution in [2.75, 3.05) is 26.7 Å². The molecule has 1 saturated heterocycles. The molecule has 1 aromatic rings.